The van der Waals surface area contributed by atoms with Crippen molar-refractivity contribution < 1.29 is 28.0 Å². The standard InChI is InChI=1S/C18H18F2N2O5/c1-11-5-4-6-13(16(11)22(24)25)17(23)21(2)10-12-7-8-14(27-18(19)20)15(9-12)26-3/h4-9,18H,10H2,1-3H3. The van der Waals surface area contributed by atoms with Gasteiger partial charge in [-0.1, -0.05) is 18.2 Å². The van der Waals surface area contributed by atoms with E-state index >= 15 is 0 Å². The second-order valence-electron chi connectivity index (χ2n) is 5.75. The van der Waals surface area contributed by atoms with E-state index in [2.05, 4.69) is 4.74 Å². The molecule has 0 heterocycles. The molecule has 0 fully saturated rings. The van der Waals surface area contributed by atoms with Gasteiger partial charge in [0.05, 0.1) is 12.0 Å². The fraction of sp³-hybridized carbons (Fsp3) is 0.278. The lowest BCUT2D eigenvalue weighted by Crippen LogP contribution is -2.27. The third-order valence-corrected chi connectivity index (χ3v) is 3.86. The highest BCUT2D eigenvalue weighted by Crippen LogP contribution is 2.30. The Labute approximate surface area is 154 Å². The maximum Gasteiger partial charge on any atom is 0.387 e. The van der Waals surface area contributed by atoms with E-state index < -0.39 is 17.4 Å². The number of carbonyl (C=O) groups is 1. The number of methoxy groups -OCH3 is 1. The molecule has 0 saturated carbocycles. The van der Waals surface area contributed by atoms with Crippen LogP contribution in [0.3, 0.4) is 0 Å². The third kappa shape index (κ3) is 4.69. The number of hydrogen-bond donors (Lipinski definition) is 0. The Balaban J connectivity index is 2.25. The summed E-state index contributed by atoms with van der Waals surface area (Å²) in [4.78, 5) is 24.6. The lowest BCUT2D eigenvalue weighted by Gasteiger charge is -2.19. The van der Waals surface area contributed by atoms with E-state index in [9.17, 15) is 23.7 Å². The minimum absolute atomic E-state index is 0.0212. The average Bonchev–Trinajstić information content (AvgIpc) is 2.61. The monoisotopic (exact) mass is 380 g/mol. The number of benzene rings is 2. The molecule has 7 nitrogen and oxygen atoms in total. The van der Waals surface area contributed by atoms with Crippen molar-refractivity contribution in [2.24, 2.45) is 0 Å². The van der Waals surface area contributed by atoms with Crippen LogP contribution < -0.4 is 9.47 Å². The highest BCUT2D eigenvalue weighted by molar-refractivity contribution is 5.98. The fourth-order valence-electron chi connectivity index (χ4n) is 2.63. The molecule has 9 heteroatoms. The Morgan fingerprint density at radius 3 is 2.56 bits per heavy atom. The van der Waals surface area contributed by atoms with Crippen molar-refractivity contribution in [3.05, 3.63) is 63.2 Å². The largest absolute Gasteiger partial charge is 0.493 e. The average molecular weight is 380 g/mol. The van der Waals surface area contributed by atoms with Crippen LogP contribution in [0.1, 0.15) is 21.5 Å². The smallest absolute Gasteiger partial charge is 0.387 e. The van der Waals surface area contributed by atoms with Gasteiger partial charge < -0.3 is 14.4 Å². The van der Waals surface area contributed by atoms with Crippen LogP contribution in [-0.4, -0.2) is 36.5 Å². The van der Waals surface area contributed by atoms with Gasteiger partial charge in [-0.25, -0.2) is 0 Å². The van der Waals surface area contributed by atoms with Crippen molar-refractivity contribution in [2.45, 2.75) is 20.1 Å². The topological polar surface area (TPSA) is 81.9 Å². The van der Waals surface area contributed by atoms with Gasteiger partial charge in [-0.3, -0.25) is 14.9 Å². The van der Waals surface area contributed by atoms with E-state index in [0.717, 1.165) is 0 Å². The number of amides is 1. The van der Waals surface area contributed by atoms with Gasteiger partial charge in [0, 0.05) is 19.2 Å². The second kappa shape index (κ2) is 8.43. The molecule has 0 saturated heterocycles. The lowest BCUT2D eigenvalue weighted by atomic mass is 10.1. The maximum absolute atomic E-state index is 12.7. The zero-order valence-electron chi connectivity index (χ0n) is 14.9. The third-order valence-electron chi connectivity index (χ3n) is 3.86. The Bertz CT molecular complexity index is 858. The normalized spacial score (nSPS) is 10.6. The first-order chi connectivity index (χ1) is 12.7. The van der Waals surface area contributed by atoms with Crippen molar-refractivity contribution in [2.75, 3.05) is 14.2 Å². The van der Waals surface area contributed by atoms with Gasteiger partial charge in [-0.05, 0) is 30.7 Å². The number of nitro benzene ring substituents is 1. The number of nitro groups is 1. The van der Waals surface area contributed by atoms with Gasteiger partial charge >= 0.3 is 6.61 Å². The minimum atomic E-state index is -2.99. The Morgan fingerprint density at radius 2 is 1.96 bits per heavy atom. The molecule has 0 bridgehead atoms. The van der Waals surface area contributed by atoms with Crippen LogP contribution in [0.5, 0.6) is 11.5 Å². The van der Waals surface area contributed by atoms with Crippen LogP contribution in [-0.2, 0) is 6.54 Å². The minimum Gasteiger partial charge on any atom is -0.493 e. The van der Waals surface area contributed by atoms with Crippen molar-refractivity contribution in [3.63, 3.8) is 0 Å². The van der Waals surface area contributed by atoms with Crippen LogP contribution in [0.15, 0.2) is 36.4 Å². The number of hydrogen-bond acceptors (Lipinski definition) is 5. The highest BCUT2D eigenvalue weighted by atomic mass is 19.3. The number of para-hydroxylation sites is 1. The zero-order chi connectivity index (χ0) is 20.1. The highest BCUT2D eigenvalue weighted by Gasteiger charge is 2.25. The van der Waals surface area contributed by atoms with Crippen molar-refractivity contribution >= 4 is 11.6 Å². The van der Waals surface area contributed by atoms with Gasteiger partial charge in [0.2, 0.25) is 0 Å². The molecule has 0 atom stereocenters. The molecule has 2 rings (SSSR count). The van der Waals surface area contributed by atoms with Gasteiger partial charge in [0.15, 0.2) is 11.5 Å². The summed E-state index contributed by atoms with van der Waals surface area (Å²) in [6.45, 7) is -1.34. The SMILES string of the molecule is COc1cc(CN(C)C(=O)c2cccc(C)c2[N+](=O)[O-])ccc1OC(F)F. The first kappa shape index (κ1) is 20.1. The van der Waals surface area contributed by atoms with Gasteiger partial charge in [0.1, 0.15) is 5.56 Å². The van der Waals surface area contributed by atoms with E-state index in [4.69, 9.17) is 4.74 Å². The Morgan fingerprint density at radius 1 is 1.26 bits per heavy atom. The van der Waals surface area contributed by atoms with Crippen LogP contribution in [0.4, 0.5) is 14.5 Å². The summed E-state index contributed by atoms with van der Waals surface area (Å²) in [6.07, 6.45) is 0. The molecule has 0 spiro atoms. The van der Waals surface area contributed by atoms with Crippen molar-refractivity contribution in [1.82, 2.24) is 4.90 Å². The number of nitrogens with zero attached hydrogens (tertiary/aromatic N) is 2. The summed E-state index contributed by atoms with van der Waals surface area (Å²) in [5.74, 6) is -0.563. The van der Waals surface area contributed by atoms with E-state index in [-0.39, 0.29) is 29.3 Å². The molecule has 0 radical (unpaired) electrons. The molecular weight excluding hydrogens is 362 g/mol. The molecule has 27 heavy (non-hydrogen) atoms. The summed E-state index contributed by atoms with van der Waals surface area (Å²) < 4.78 is 34.2. The molecule has 0 aliphatic rings. The summed E-state index contributed by atoms with van der Waals surface area (Å²) in [6, 6.07) is 8.81. The number of carbonyl (C=O) groups excluding carboxylic acids is 1. The predicted molar refractivity (Wildman–Crippen MR) is 93.3 cm³/mol. The summed E-state index contributed by atoms with van der Waals surface area (Å²) in [7, 11) is 2.80. The van der Waals surface area contributed by atoms with Crippen LogP contribution in [0.2, 0.25) is 0 Å². The Hall–Kier alpha value is -3.23. The van der Waals surface area contributed by atoms with E-state index in [1.54, 1.807) is 19.1 Å². The quantitative estimate of drug-likeness (QED) is 0.539. The Kier molecular flexibility index (Phi) is 6.27. The summed E-state index contributed by atoms with van der Waals surface area (Å²) >= 11 is 0. The number of ether oxygens (including phenoxy) is 2. The first-order valence-corrected chi connectivity index (χ1v) is 7.85. The van der Waals surface area contributed by atoms with Gasteiger partial charge in [0.25, 0.3) is 11.6 Å². The molecule has 0 unspecified atom stereocenters. The summed E-state index contributed by atoms with van der Waals surface area (Å²) in [5.41, 5.74) is 0.703. The van der Waals surface area contributed by atoms with E-state index in [0.29, 0.717) is 11.1 Å². The number of rotatable bonds is 7. The molecule has 144 valence electrons. The second-order valence-corrected chi connectivity index (χ2v) is 5.75. The lowest BCUT2D eigenvalue weighted by molar-refractivity contribution is -0.385. The molecule has 0 aromatic heterocycles. The predicted octanol–water partition coefficient (Wildman–Crippen LogP) is 3.79. The maximum atomic E-state index is 12.7. The molecule has 1 amide bonds. The van der Waals surface area contributed by atoms with Crippen molar-refractivity contribution in [1.29, 1.82) is 0 Å². The number of aryl methyl sites for hydroxylation is 1. The first-order valence-electron chi connectivity index (χ1n) is 7.85. The number of alkyl halides is 2. The zero-order valence-corrected chi connectivity index (χ0v) is 14.9. The molecular formula is C18H18F2N2O5. The molecule has 0 N–H and O–H groups in total. The number of halogens is 2. The molecule has 2 aromatic carbocycles. The van der Waals surface area contributed by atoms with Gasteiger partial charge in [-0.15, -0.1) is 0 Å². The van der Waals surface area contributed by atoms with Crippen LogP contribution in [0, 0.1) is 17.0 Å². The molecule has 0 aliphatic carbocycles. The van der Waals surface area contributed by atoms with Crippen molar-refractivity contribution in [3.8, 4) is 11.5 Å². The van der Waals surface area contributed by atoms with Gasteiger partial charge in [-0.2, -0.15) is 8.78 Å². The molecule has 0 aliphatic heterocycles. The summed E-state index contributed by atoms with van der Waals surface area (Å²) in [5, 5.41) is 11.3. The van der Waals surface area contributed by atoms with E-state index in [1.165, 1.54) is 43.3 Å². The van der Waals surface area contributed by atoms with Crippen LogP contribution >= 0.6 is 0 Å². The molecule has 2 aromatic rings. The van der Waals surface area contributed by atoms with E-state index in [1.807, 2.05) is 0 Å². The fourth-order valence-corrected chi connectivity index (χ4v) is 2.63. The van der Waals surface area contributed by atoms with Crippen LogP contribution in [0.25, 0.3) is 0 Å².